The van der Waals surface area contributed by atoms with E-state index in [1.54, 1.807) is 7.11 Å². The number of nitrogens with zero attached hydrogens (tertiary/aromatic N) is 2. The second-order valence-corrected chi connectivity index (χ2v) is 3.88. The molecule has 0 unspecified atom stereocenters. The van der Waals surface area contributed by atoms with Crippen molar-refractivity contribution in [3.05, 3.63) is 30.6 Å². The standard InChI is InChI=1S/C14H18N2O/c1-4-16(5-2)13-6-7-14(17-3)12-10-15-9-8-11(12)13/h6-10H,4-5H2,1-3H3. The van der Waals surface area contributed by atoms with Gasteiger partial charge in [-0.3, -0.25) is 4.98 Å². The molecule has 0 spiro atoms. The molecular weight excluding hydrogens is 212 g/mol. The molecule has 0 saturated heterocycles. The van der Waals surface area contributed by atoms with Gasteiger partial charge in [0.15, 0.2) is 0 Å². The maximum absolute atomic E-state index is 5.37. The Balaban J connectivity index is 2.66. The fourth-order valence-electron chi connectivity index (χ4n) is 2.17. The normalized spacial score (nSPS) is 10.5. The van der Waals surface area contributed by atoms with E-state index >= 15 is 0 Å². The van der Waals surface area contributed by atoms with Crippen LogP contribution in [0.3, 0.4) is 0 Å². The molecule has 1 aromatic heterocycles. The Hall–Kier alpha value is -1.77. The van der Waals surface area contributed by atoms with Gasteiger partial charge in [-0.2, -0.15) is 0 Å². The molecule has 0 saturated carbocycles. The van der Waals surface area contributed by atoms with E-state index in [4.69, 9.17) is 4.74 Å². The lowest BCUT2D eigenvalue weighted by Gasteiger charge is -2.23. The minimum atomic E-state index is 0.879. The largest absolute Gasteiger partial charge is 0.496 e. The molecule has 0 aliphatic carbocycles. The number of ether oxygens (including phenoxy) is 1. The Labute approximate surface area is 102 Å². The number of hydrogen-bond acceptors (Lipinski definition) is 3. The van der Waals surface area contributed by atoms with Crippen LogP contribution in [-0.4, -0.2) is 25.2 Å². The summed E-state index contributed by atoms with van der Waals surface area (Å²) in [5.74, 6) is 0.879. The van der Waals surface area contributed by atoms with Gasteiger partial charge in [-0.1, -0.05) is 0 Å². The highest BCUT2D eigenvalue weighted by Gasteiger charge is 2.10. The summed E-state index contributed by atoms with van der Waals surface area (Å²) in [6.07, 6.45) is 3.69. The Bertz CT molecular complexity index is 507. The minimum Gasteiger partial charge on any atom is -0.496 e. The van der Waals surface area contributed by atoms with E-state index in [0.717, 1.165) is 24.2 Å². The molecule has 0 aliphatic heterocycles. The maximum Gasteiger partial charge on any atom is 0.128 e. The number of hydrogen-bond donors (Lipinski definition) is 0. The van der Waals surface area contributed by atoms with E-state index in [9.17, 15) is 0 Å². The SMILES string of the molecule is CCN(CC)c1ccc(OC)c2cnccc12. The first kappa shape index (κ1) is 11.7. The van der Waals surface area contributed by atoms with E-state index in [1.165, 1.54) is 11.1 Å². The first-order chi connectivity index (χ1) is 8.31. The minimum absolute atomic E-state index is 0.879. The number of benzene rings is 1. The Morgan fingerprint density at radius 1 is 1.12 bits per heavy atom. The van der Waals surface area contributed by atoms with Crippen LogP contribution in [0.25, 0.3) is 10.8 Å². The first-order valence-electron chi connectivity index (χ1n) is 5.97. The van der Waals surface area contributed by atoms with Crippen LogP contribution >= 0.6 is 0 Å². The van der Waals surface area contributed by atoms with Gasteiger partial charge < -0.3 is 9.64 Å². The predicted octanol–water partition coefficient (Wildman–Crippen LogP) is 3.09. The van der Waals surface area contributed by atoms with E-state index in [-0.39, 0.29) is 0 Å². The van der Waals surface area contributed by atoms with Crippen molar-refractivity contribution in [2.75, 3.05) is 25.1 Å². The molecule has 0 atom stereocenters. The van der Waals surface area contributed by atoms with Gasteiger partial charge in [0.2, 0.25) is 0 Å². The summed E-state index contributed by atoms with van der Waals surface area (Å²) in [6, 6.07) is 6.18. The van der Waals surface area contributed by atoms with Crippen molar-refractivity contribution in [1.82, 2.24) is 4.98 Å². The van der Waals surface area contributed by atoms with Crippen molar-refractivity contribution < 1.29 is 4.74 Å². The third kappa shape index (κ3) is 2.05. The van der Waals surface area contributed by atoms with Gasteiger partial charge in [0.25, 0.3) is 0 Å². The molecule has 0 N–H and O–H groups in total. The lowest BCUT2D eigenvalue weighted by atomic mass is 10.1. The fraction of sp³-hybridized carbons (Fsp3) is 0.357. The number of anilines is 1. The van der Waals surface area contributed by atoms with Crippen LogP contribution in [0.15, 0.2) is 30.6 Å². The molecule has 2 aromatic rings. The summed E-state index contributed by atoms with van der Waals surface area (Å²) in [4.78, 5) is 6.51. The monoisotopic (exact) mass is 230 g/mol. The summed E-state index contributed by atoms with van der Waals surface area (Å²) in [7, 11) is 1.69. The number of rotatable bonds is 4. The zero-order valence-corrected chi connectivity index (χ0v) is 10.6. The second kappa shape index (κ2) is 5.04. The van der Waals surface area contributed by atoms with Crippen LogP contribution in [0.1, 0.15) is 13.8 Å². The molecular formula is C14H18N2O. The molecule has 0 aliphatic rings. The molecule has 1 heterocycles. The summed E-state index contributed by atoms with van der Waals surface area (Å²) < 4.78 is 5.37. The molecule has 0 amide bonds. The van der Waals surface area contributed by atoms with Gasteiger partial charge in [-0.25, -0.2) is 0 Å². The molecule has 0 fully saturated rings. The van der Waals surface area contributed by atoms with Crippen molar-refractivity contribution in [3.63, 3.8) is 0 Å². The van der Waals surface area contributed by atoms with Gasteiger partial charge in [0, 0.05) is 41.9 Å². The van der Waals surface area contributed by atoms with Crippen LogP contribution in [0, 0.1) is 0 Å². The van der Waals surface area contributed by atoms with Gasteiger partial charge in [-0.05, 0) is 32.0 Å². The smallest absolute Gasteiger partial charge is 0.128 e. The quantitative estimate of drug-likeness (QED) is 0.807. The van der Waals surface area contributed by atoms with Gasteiger partial charge >= 0.3 is 0 Å². The highest BCUT2D eigenvalue weighted by molar-refractivity contribution is 5.97. The zero-order valence-electron chi connectivity index (χ0n) is 10.6. The van der Waals surface area contributed by atoms with Crippen LogP contribution < -0.4 is 9.64 Å². The molecule has 1 aromatic carbocycles. The highest BCUT2D eigenvalue weighted by atomic mass is 16.5. The molecule has 3 heteroatoms. The van der Waals surface area contributed by atoms with Crippen molar-refractivity contribution in [2.24, 2.45) is 0 Å². The third-order valence-corrected chi connectivity index (χ3v) is 3.08. The number of methoxy groups -OCH3 is 1. The van der Waals surface area contributed by atoms with Crippen molar-refractivity contribution in [3.8, 4) is 5.75 Å². The average molecular weight is 230 g/mol. The molecule has 90 valence electrons. The fourth-order valence-corrected chi connectivity index (χ4v) is 2.17. The highest BCUT2D eigenvalue weighted by Crippen LogP contribution is 2.32. The number of pyridine rings is 1. The number of fused-ring (bicyclic) bond motifs is 1. The summed E-state index contributed by atoms with van der Waals surface area (Å²) in [6.45, 7) is 6.34. The van der Waals surface area contributed by atoms with Gasteiger partial charge in [0.05, 0.1) is 7.11 Å². The Kier molecular flexibility index (Phi) is 3.47. The van der Waals surface area contributed by atoms with Crippen LogP contribution in [-0.2, 0) is 0 Å². The first-order valence-corrected chi connectivity index (χ1v) is 5.97. The number of aromatic nitrogens is 1. The van der Waals surface area contributed by atoms with Crippen molar-refractivity contribution in [2.45, 2.75) is 13.8 Å². The summed E-state index contributed by atoms with van der Waals surface area (Å²) in [5.41, 5.74) is 1.24. The zero-order chi connectivity index (χ0) is 12.3. The second-order valence-electron chi connectivity index (χ2n) is 3.88. The molecule has 17 heavy (non-hydrogen) atoms. The topological polar surface area (TPSA) is 25.4 Å². The lowest BCUT2D eigenvalue weighted by Crippen LogP contribution is -2.22. The van der Waals surface area contributed by atoms with E-state index in [1.807, 2.05) is 24.5 Å². The third-order valence-electron chi connectivity index (χ3n) is 3.08. The van der Waals surface area contributed by atoms with E-state index in [0.29, 0.717) is 0 Å². The summed E-state index contributed by atoms with van der Waals surface area (Å²) >= 11 is 0. The van der Waals surface area contributed by atoms with Gasteiger partial charge in [0.1, 0.15) is 5.75 Å². The Morgan fingerprint density at radius 3 is 2.53 bits per heavy atom. The maximum atomic E-state index is 5.37. The predicted molar refractivity (Wildman–Crippen MR) is 71.9 cm³/mol. The lowest BCUT2D eigenvalue weighted by molar-refractivity contribution is 0.419. The molecule has 0 radical (unpaired) electrons. The molecule has 0 bridgehead atoms. The van der Waals surface area contributed by atoms with Crippen molar-refractivity contribution in [1.29, 1.82) is 0 Å². The van der Waals surface area contributed by atoms with Crippen LogP contribution in [0.4, 0.5) is 5.69 Å². The average Bonchev–Trinajstić information content (AvgIpc) is 2.40. The van der Waals surface area contributed by atoms with E-state index < -0.39 is 0 Å². The molecule has 3 nitrogen and oxygen atoms in total. The molecule has 2 rings (SSSR count). The summed E-state index contributed by atoms with van der Waals surface area (Å²) in [5, 5.41) is 2.27. The van der Waals surface area contributed by atoms with Crippen molar-refractivity contribution >= 4 is 16.5 Å². The van der Waals surface area contributed by atoms with E-state index in [2.05, 4.69) is 29.8 Å². The Morgan fingerprint density at radius 2 is 1.88 bits per heavy atom. The van der Waals surface area contributed by atoms with Crippen LogP contribution in [0.5, 0.6) is 5.75 Å². The van der Waals surface area contributed by atoms with Crippen LogP contribution in [0.2, 0.25) is 0 Å². The van der Waals surface area contributed by atoms with Gasteiger partial charge in [-0.15, -0.1) is 0 Å².